The van der Waals surface area contributed by atoms with E-state index in [1.165, 1.54) is 11.1 Å². The second-order valence-electron chi connectivity index (χ2n) is 5.52. The number of aryl methyl sites for hydroxylation is 1. The van der Waals surface area contributed by atoms with Crippen molar-refractivity contribution in [1.82, 2.24) is 9.88 Å². The minimum atomic E-state index is 0.217. The summed E-state index contributed by atoms with van der Waals surface area (Å²) in [5.74, 6) is 0.930. The van der Waals surface area contributed by atoms with Crippen LogP contribution >= 0.6 is 0 Å². The summed E-state index contributed by atoms with van der Waals surface area (Å²) in [5.41, 5.74) is 2.58. The van der Waals surface area contributed by atoms with Gasteiger partial charge in [0.2, 0.25) is 0 Å². The summed E-state index contributed by atoms with van der Waals surface area (Å²) < 4.78 is 7.73. The maximum Gasteiger partial charge on any atom is 0.119 e. The van der Waals surface area contributed by atoms with Gasteiger partial charge in [-0.05, 0) is 50.1 Å². The molecule has 1 aromatic carbocycles. The molecule has 0 saturated carbocycles. The molecule has 3 heteroatoms. The summed E-state index contributed by atoms with van der Waals surface area (Å²) in [6, 6.07) is 10.8. The molecule has 0 amide bonds. The lowest BCUT2D eigenvalue weighted by molar-refractivity contribution is 0.242. The van der Waals surface area contributed by atoms with Crippen molar-refractivity contribution in [1.29, 1.82) is 0 Å². The lowest BCUT2D eigenvalue weighted by atomic mass is 10.1. The second-order valence-corrected chi connectivity index (χ2v) is 5.52. The molecular weight excluding hydrogens is 248 g/mol. The Labute approximate surface area is 121 Å². The van der Waals surface area contributed by atoms with Gasteiger partial charge in [-0.15, -0.1) is 0 Å². The summed E-state index contributed by atoms with van der Waals surface area (Å²) in [6.45, 7) is 7.14. The van der Waals surface area contributed by atoms with Crippen molar-refractivity contribution in [2.75, 3.05) is 0 Å². The summed E-state index contributed by atoms with van der Waals surface area (Å²) in [7, 11) is 2.04. The molecule has 0 fully saturated rings. The highest BCUT2D eigenvalue weighted by Gasteiger charge is 2.06. The van der Waals surface area contributed by atoms with Gasteiger partial charge >= 0.3 is 0 Å². The zero-order valence-corrected chi connectivity index (χ0v) is 12.8. The third-order valence-corrected chi connectivity index (χ3v) is 3.26. The second kappa shape index (κ2) is 6.62. The number of ether oxygens (including phenoxy) is 1. The molecule has 0 radical (unpaired) electrons. The standard InChI is InChI=1S/C17H24N2O/c1-13(2)20-17-7-5-16(6-8-17)14(3)18-11-15-9-10-19(4)12-15/h5-10,12-14,18H,11H2,1-4H3. The lowest BCUT2D eigenvalue weighted by Gasteiger charge is -2.15. The Hall–Kier alpha value is -1.74. The zero-order chi connectivity index (χ0) is 14.5. The minimum absolute atomic E-state index is 0.217. The summed E-state index contributed by atoms with van der Waals surface area (Å²) in [6.07, 6.45) is 4.42. The number of benzene rings is 1. The van der Waals surface area contributed by atoms with E-state index >= 15 is 0 Å². The van der Waals surface area contributed by atoms with Gasteiger partial charge in [0, 0.05) is 32.0 Å². The summed E-state index contributed by atoms with van der Waals surface area (Å²) in [4.78, 5) is 0. The Kier molecular flexibility index (Phi) is 4.85. The van der Waals surface area contributed by atoms with E-state index in [0.717, 1.165) is 12.3 Å². The molecule has 0 aliphatic carbocycles. The van der Waals surface area contributed by atoms with E-state index < -0.39 is 0 Å². The van der Waals surface area contributed by atoms with Crippen LogP contribution < -0.4 is 10.1 Å². The van der Waals surface area contributed by atoms with Crippen LogP contribution in [-0.4, -0.2) is 10.7 Å². The fourth-order valence-corrected chi connectivity index (χ4v) is 2.16. The Balaban J connectivity index is 1.90. The van der Waals surface area contributed by atoms with Gasteiger partial charge < -0.3 is 14.6 Å². The van der Waals surface area contributed by atoms with Crippen molar-refractivity contribution >= 4 is 0 Å². The van der Waals surface area contributed by atoms with Crippen LogP contribution in [0.3, 0.4) is 0 Å². The van der Waals surface area contributed by atoms with Gasteiger partial charge in [-0.2, -0.15) is 0 Å². The number of hydrogen-bond donors (Lipinski definition) is 1. The van der Waals surface area contributed by atoms with Gasteiger partial charge in [0.15, 0.2) is 0 Å². The smallest absolute Gasteiger partial charge is 0.119 e. The molecule has 1 N–H and O–H groups in total. The van der Waals surface area contributed by atoms with Crippen molar-refractivity contribution in [3.63, 3.8) is 0 Å². The van der Waals surface area contributed by atoms with Gasteiger partial charge in [0.25, 0.3) is 0 Å². The monoisotopic (exact) mass is 272 g/mol. The maximum atomic E-state index is 5.66. The number of rotatable bonds is 6. The fourth-order valence-electron chi connectivity index (χ4n) is 2.16. The van der Waals surface area contributed by atoms with Crippen LogP contribution in [0.25, 0.3) is 0 Å². The predicted molar refractivity (Wildman–Crippen MR) is 82.9 cm³/mol. The van der Waals surface area contributed by atoms with Crippen molar-refractivity contribution in [3.8, 4) is 5.75 Å². The Morgan fingerprint density at radius 2 is 1.80 bits per heavy atom. The van der Waals surface area contributed by atoms with Crippen molar-refractivity contribution in [2.24, 2.45) is 7.05 Å². The van der Waals surface area contributed by atoms with Gasteiger partial charge in [-0.25, -0.2) is 0 Å². The van der Waals surface area contributed by atoms with Crippen molar-refractivity contribution < 1.29 is 4.74 Å². The number of nitrogens with one attached hydrogen (secondary N) is 1. The van der Waals surface area contributed by atoms with Crippen LogP contribution in [0.4, 0.5) is 0 Å². The van der Waals surface area contributed by atoms with Crippen LogP contribution in [0, 0.1) is 0 Å². The SMILES string of the molecule is CC(C)Oc1ccc(C(C)NCc2ccn(C)c2)cc1. The predicted octanol–water partition coefficient (Wildman–Crippen LogP) is 3.66. The van der Waals surface area contributed by atoms with Crippen LogP contribution in [0.5, 0.6) is 5.75 Å². The highest BCUT2D eigenvalue weighted by molar-refractivity contribution is 5.29. The van der Waals surface area contributed by atoms with Crippen LogP contribution in [0.2, 0.25) is 0 Å². The van der Waals surface area contributed by atoms with E-state index in [-0.39, 0.29) is 6.10 Å². The van der Waals surface area contributed by atoms with E-state index in [2.05, 4.69) is 47.4 Å². The summed E-state index contributed by atoms with van der Waals surface area (Å²) in [5, 5.41) is 3.53. The lowest BCUT2D eigenvalue weighted by Crippen LogP contribution is -2.17. The Morgan fingerprint density at radius 1 is 1.10 bits per heavy atom. The first-order valence-electron chi connectivity index (χ1n) is 7.15. The topological polar surface area (TPSA) is 26.2 Å². The molecule has 20 heavy (non-hydrogen) atoms. The normalized spacial score (nSPS) is 12.7. The van der Waals surface area contributed by atoms with Crippen molar-refractivity contribution in [2.45, 2.75) is 39.5 Å². The van der Waals surface area contributed by atoms with E-state index in [0.29, 0.717) is 6.04 Å². The molecule has 1 aromatic heterocycles. The Morgan fingerprint density at radius 3 is 2.35 bits per heavy atom. The van der Waals surface area contributed by atoms with Gasteiger partial charge in [-0.1, -0.05) is 12.1 Å². The maximum absolute atomic E-state index is 5.66. The van der Waals surface area contributed by atoms with Crippen molar-refractivity contribution in [3.05, 3.63) is 53.9 Å². The molecule has 2 rings (SSSR count). The highest BCUT2D eigenvalue weighted by Crippen LogP contribution is 2.19. The van der Waals surface area contributed by atoms with E-state index in [1.807, 2.05) is 33.0 Å². The third-order valence-electron chi connectivity index (χ3n) is 3.26. The van der Waals surface area contributed by atoms with Crippen LogP contribution in [-0.2, 0) is 13.6 Å². The molecule has 2 aromatic rings. The third kappa shape index (κ3) is 4.14. The number of nitrogens with zero attached hydrogens (tertiary/aromatic N) is 1. The van der Waals surface area contributed by atoms with Crippen LogP contribution in [0.15, 0.2) is 42.7 Å². The van der Waals surface area contributed by atoms with Gasteiger partial charge in [-0.3, -0.25) is 0 Å². The quantitative estimate of drug-likeness (QED) is 0.868. The largest absolute Gasteiger partial charge is 0.491 e. The van der Waals surface area contributed by atoms with E-state index in [9.17, 15) is 0 Å². The minimum Gasteiger partial charge on any atom is -0.491 e. The van der Waals surface area contributed by atoms with E-state index in [1.54, 1.807) is 0 Å². The molecule has 0 saturated heterocycles. The molecule has 108 valence electrons. The molecule has 0 aliphatic heterocycles. The van der Waals surface area contributed by atoms with Gasteiger partial charge in [0.05, 0.1) is 6.10 Å². The van der Waals surface area contributed by atoms with E-state index in [4.69, 9.17) is 4.74 Å². The molecule has 1 unspecified atom stereocenters. The molecular formula is C17H24N2O. The zero-order valence-electron chi connectivity index (χ0n) is 12.8. The molecule has 1 atom stereocenters. The Bertz CT molecular complexity index is 528. The molecule has 3 nitrogen and oxygen atoms in total. The first kappa shape index (κ1) is 14.7. The first-order valence-corrected chi connectivity index (χ1v) is 7.15. The first-order chi connectivity index (χ1) is 9.54. The summed E-state index contributed by atoms with van der Waals surface area (Å²) >= 11 is 0. The molecule has 0 bridgehead atoms. The van der Waals surface area contributed by atoms with Gasteiger partial charge in [0.1, 0.15) is 5.75 Å². The number of hydrogen-bond acceptors (Lipinski definition) is 2. The fraction of sp³-hybridized carbons (Fsp3) is 0.412. The average molecular weight is 272 g/mol. The molecule has 0 spiro atoms. The molecule has 1 heterocycles. The molecule has 0 aliphatic rings. The highest BCUT2D eigenvalue weighted by atomic mass is 16.5. The number of aromatic nitrogens is 1. The average Bonchev–Trinajstić information content (AvgIpc) is 2.82. The van der Waals surface area contributed by atoms with Crippen LogP contribution in [0.1, 0.15) is 37.9 Å².